The molecule has 17 nitrogen and oxygen atoms in total. The van der Waals surface area contributed by atoms with Gasteiger partial charge in [-0.2, -0.15) is 0 Å². The van der Waals surface area contributed by atoms with E-state index in [4.69, 9.17) is 37.0 Å². The van der Waals surface area contributed by atoms with E-state index >= 15 is 0 Å². The van der Waals surface area contributed by atoms with Gasteiger partial charge in [-0.1, -0.05) is 325 Å². The Hall–Kier alpha value is -6.10. The van der Waals surface area contributed by atoms with Crippen LogP contribution in [0.3, 0.4) is 0 Å². The summed E-state index contributed by atoms with van der Waals surface area (Å²) >= 11 is 0. The van der Waals surface area contributed by atoms with Crippen LogP contribution in [0.1, 0.15) is 297 Å². The first kappa shape index (κ1) is 104. The van der Waals surface area contributed by atoms with Crippen molar-refractivity contribution in [2.24, 2.45) is 0 Å². The number of unbranched alkanes of at least 4 members (excludes halogenated alkanes) is 18. The second kappa shape index (κ2) is 80.9. The Bertz CT molecular complexity index is 2850. The van der Waals surface area contributed by atoms with Gasteiger partial charge in [0.2, 0.25) is 0 Å². The van der Waals surface area contributed by atoms with Gasteiger partial charge in [0.05, 0.1) is 26.4 Å². The molecule has 622 valence electrons. The predicted octanol–water partition coefficient (Wildman–Crippen LogP) is 24.9. The summed E-state index contributed by atoms with van der Waals surface area (Å²) in [6, 6.07) is 0. The molecular formula is C91H146O17P2. The number of carbonyl (C=O) groups excluding carboxylic acids is 4. The Morgan fingerprint density at radius 1 is 0.264 bits per heavy atom. The van der Waals surface area contributed by atoms with Crippen LogP contribution in [-0.2, 0) is 65.4 Å². The van der Waals surface area contributed by atoms with Crippen molar-refractivity contribution in [2.75, 3.05) is 39.6 Å². The molecule has 3 N–H and O–H groups in total. The zero-order chi connectivity index (χ0) is 80.3. The van der Waals surface area contributed by atoms with Crippen LogP contribution in [-0.4, -0.2) is 96.7 Å². The Morgan fingerprint density at radius 3 is 0.764 bits per heavy atom. The summed E-state index contributed by atoms with van der Waals surface area (Å²) in [7, 11) is -10.0. The number of ether oxygens (including phenoxy) is 4. The number of hydrogen-bond acceptors (Lipinski definition) is 15. The van der Waals surface area contributed by atoms with Gasteiger partial charge in [-0.15, -0.1) is 0 Å². The molecule has 0 radical (unpaired) electrons. The highest BCUT2D eigenvalue weighted by atomic mass is 31.2. The third-order valence-corrected chi connectivity index (χ3v) is 18.5. The summed E-state index contributed by atoms with van der Waals surface area (Å²) in [6.45, 7) is 4.34. The summed E-state index contributed by atoms with van der Waals surface area (Å²) < 4.78 is 68.6. The molecule has 0 aliphatic carbocycles. The number of carbonyl (C=O) groups is 4. The molecule has 0 aromatic carbocycles. The van der Waals surface area contributed by atoms with Crippen molar-refractivity contribution in [1.29, 1.82) is 0 Å². The maximum atomic E-state index is 13.1. The van der Waals surface area contributed by atoms with Crippen LogP contribution in [0, 0.1) is 0 Å². The maximum Gasteiger partial charge on any atom is 0.472 e. The first-order chi connectivity index (χ1) is 53.7. The van der Waals surface area contributed by atoms with E-state index in [0.717, 1.165) is 154 Å². The van der Waals surface area contributed by atoms with Gasteiger partial charge in [0, 0.05) is 25.7 Å². The summed E-state index contributed by atoms with van der Waals surface area (Å²) in [4.78, 5) is 73.1. The van der Waals surface area contributed by atoms with Gasteiger partial charge in [-0.05, 0) is 141 Å². The lowest BCUT2D eigenvalue weighted by molar-refractivity contribution is -0.161. The van der Waals surface area contributed by atoms with Crippen LogP contribution in [0.4, 0.5) is 0 Å². The number of esters is 4. The highest BCUT2D eigenvalue weighted by molar-refractivity contribution is 7.47. The van der Waals surface area contributed by atoms with Gasteiger partial charge in [0.15, 0.2) is 12.2 Å². The number of hydrogen-bond donors (Lipinski definition) is 3. The molecule has 0 saturated carbocycles. The van der Waals surface area contributed by atoms with Crippen LogP contribution in [0.25, 0.3) is 0 Å². The van der Waals surface area contributed by atoms with Gasteiger partial charge in [0.25, 0.3) is 0 Å². The largest absolute Gasteiger partial charge is 0.472 e. The monoisotopic (exact) mass is 1570 g/mol. The lowest BCUT2D eigenvalue weighted by atomic mass is 10.0. The number of rotatable bonds is 76. The van der Waals surface area contributed by atoms with Crippen molar-refractivity contribution in [3.05, 3.63) is 194 Å². The van der Waals surface area contributed by atoms with E-state index in [1.54, 1.807) is 0 Å². The van der Waals surface area contributed by atoms with Crippen LogP contribution in [0.5, 0.6) is 0 Å². The van der Waals surface area contributed by atoms with Gasteiger partial charge >= 0.3 is 39.5 Å². The predicted molar refractivity (Wildman–Crippen MR) is 454 cm³/mol. The zero-order valence-corrected chi connectivity index (χ0v) is 69.9. The quantitative estimate of drug-likeness (QED) is 0.0169. The second-order valence-electron chi connectivity index (χ2n) is 26.9. The molecule has 0 bridgehead atoms. The van der Waals surface area contributed by atoms with E-state index in [2.05, 4.69) is 186 Å². The molecule has 0 amide bonds. The smallest absolute Gasteiger partial charge is 0.462 e. The minimum absolute atomic E-state index is 0.0242. The van der Waals surface area contributed by atoms with E-state index in [0.29, 0.717) is 38.5 Å². The number of phosphoric acid groups is 2. The van der Waals surface area contributed by atoms with E-state index in [1.807, 2.05) is 36.5 Å². The van der Waals surface area contributed by atoms with Crippen molar-refractivity contribution in [3.8, 4) is 0 Å². The summed E-state index contributed by atoms with van der Waals surface area (Å²) in [6.07, 6.45) is 100. The molecule has 0 rings (SSSR count). The van der Waals surface area contributed by atoms with Gasteiger partial charge in [-0.3, -0.25) is 37.3 Å². The standard InChI is InChI=1S/C91H146O17P2/c1-5-9-13-17-21-25-29-33-36-39-42-45-48-52-55-59-63-67-71-75-88(93)101-81-86(107-90(95)77-73-69-65-61-57-51-32-28-24-20-16-12-8-4)83-105-109(97,98)103-79-85(92)80-104-110(99,100)106-84-87(108-91(96)78-74-70-66-62-58-54-50-47-44-41-38-35-31-27-23-19-15-11-7-3)82-102-89(94)76-72-68-64-60-56-53-49-46-43-40-37-34-30-26-22-18-14-10-6-2/h9-11,13-15,21-23,25-27,33-38,42-47,52-53,55-56,63-64,67-68,85-87,92H,5-8,12,16-20,24,28-32,39-41,48-51,54,57-62,65-66,69-84H2,1-4H3,(H,97,98)(H,99,100)/b13-9-,14-10-,15-11-,25-21-,26-22-,27-23-,36-33-,37-34-,38-35-,45-42-,46-43-,47-44-,55-52-,56-53-,67-63-,68-64-. The molecule has 0 fully saturated rings. The molecule has 19 heteroatoms. The van der Waals surface area contributed by atoms with Crippen molar-refractivity contribution < 1.29 is 80.2 Å². The van der Waals surface area contributed by atoms with E-state index in [-0.39, 0.29) is 25.7 Å². The highest BCUT2D eigenvalue weighted by Gasteiger charge is 2.30. The van der Waals surface area contributed by atoms with Gasteiger partial charge in [0.1, 0.15) is 19.3 Å². The Balaban J connectivity index is 5.52. The number of aliphatic hydroxyl groups is 1. The first-order valence-corrected chi connectivity index (χ1v) is 44.7. The zero-order valence-electron chi connectivity index (χ0n) is 68.1. The van der Waals surface area contributed by atoms with Crippen LogP contribution in [0.15, 0.2) is 194 Å². The van der Waals surface area contributed by atoms with Crippen LogP contribution in [0.2, 0.25) is 0 Å². The third-order valence-electron chi connectivity index (χ3n) is 16.6. The molecule has 0 aliphatic heterocycles. The highest BCUT2D eigenvalue weighted by Crippen LogP contribution is 2.45. The van der Waals surface area contributed by atoms with Gasteiger partial charge in [-0.25, -0.2) is 9.13 Å². The summed E-state index contributed by atoms with van der Waals surface area (Å²) in [5.41, 5.74) is 0. The topological polar surface area (TPSA) is 237 Å². The average Bonchev–Trinajstić information content (AvgIpc) is 0.900. The first-order valence-electron chi connectivity index (χ1n) is 41.7. The molecule has 0 aromatic heterocycles. The molecule has 0 saturated heterocycles. The van der Waals surface area contributed by atoms with E-state index in [1.165, 1.54) is 51.4 Å². The molecule has 0 aromatic rings. The molecule has 5 atom stereocenters. The second-order valence-corrected chi connectivity index (χ2v) is 29.8. The van der Waals surface area contributed by atoms with E-state index < -0.39 is 97.5 Å². The third kappa shape index (κ3) is 80.0. The van der Waals surface area contributed by atoms with Crippen molar-refractivity contribution >= 4 is 39.5 Å². The number of allylic oxidation sites excluding steroid dienone is 32. The fourth-order valence-electron chi connectivity index (χ4n) is 10.4. The van der Waals surface area contributed by atoms with Crippen molar-refractivity contribution in [3.63, 3.8) is 0 Å². The maximum absolute atomic E-state index is 13.1. The van der Waals surface area contributed by atoms with Crippen molar-refractivity contribution in [2.45, 2.75) is 316 Å². The fourth-order valence-corrected chi connectivity index (χ4v) is 12.0. The Labute approximate surface area is 666 Å². The molecule has 0 heterocycles. The molecule has 110 heavy (non-hydrogen) atoms. The molecule has 0 spiro atoms. The lowest BCUT2D eigenvalue weighted by Gasteiger charge is -2.21. The lowest BCUT2D eigenvalue weighted by Crippen LogP contribution is -2.30. The number of aliphatic hydroxyl groups excluding tert-OH is 1. The molecular weight excluding hydrogens is 1430 g/mol. The molecule has 0 aliphatic rings. The fraction of sp³-hybridized carbons (Fsp3) is 0.604. The average molecular weight is 1570 g/mol. The summed E-state index contributed by atoms with van der Waals surface area (Å²) in [5.74, 6) is -2.40. The van der Waals surface area contributed by atoms with Crippen LogP contribution < -0.4 is 0 Å². The Morgan fingerprint density at radius 2 is 0.491 bits per heavy atom. The Kier molecular flexibility index (Phi) is 76.4. The summed E-state index contributed by atoms with van der Waals surface area (Å²) in [5, 5.41) is 10.7. The minimum atomic E-state index is -5.02. The van der Waals surface area contributed by atoms with E-state index in [9.17, 15) is 43.2 Å². The van der Waals surface area contributed by atoms with Crippen LogP contribution >= 0.6 is 15.6 Å². The molecule has 5 unspecified atom stereocenters. The number of phosphoric ester groups is 2. The minimum Gasteiger partial charge on any atom is -0.462 e. The van der Waals surface area contributed by atoms with Gasteiger partial charge < -0.3 is 33.8 Å². The van der Waals surface area contributed by atoms with Crippen molar-refractivity contribution in [1.82, 2.24) is 0 Å². The normalized spacial score (nSPS) is 14.8. The SMILES string of the molecule is CC/C=C\C/C=C\C/C=C\C/C=C\C/C=C\C/C=C\CCC(=O)OCC(COP(=O)(O)OCC(O)COP(=O)(O)OCC(COC(=O)CC/C=C\C/C=C\C/C=C\C/C=C\C/C=C\C/C=C\CC)OC(=O)CCCCCCCCCCCCCCC)OC(=O)CCCCCCCC/C=C\C/C=C\C/C=C\C/C=C\CC.